The van der Waals surface area contributed by atoms with Crippen LogP contribution in [0.15, 0.2) is 48.5 Å². The Morgan fingerprint density at radius 1 is 1.00 bits per heavy atom. The van der Waals surface area contributed by atoms with E-state index in [-0.39, 0.29) is 12.4 Å². The van der Waals surface area contributed by atoms with Crippen molar-refractivity contribution in [2.75, 3.05) is 25.0 Å². The summed E-state index contributed by atoms with van der Waals surface area (Å²) < 4.78 is 0. The van der Waals surface area contributed by atoms with Gasteiger partial charge in [0.05, 0.1) is 6.54 Å². The first-order chi connectivity index (χ1) is 13.7. The second-order valence-electron chi connectivity index (χ2n) is 7.25. The summed E-state index contributed by atoms with van der Waals surface area (Å²) in [5.41, 5.74) is 4.84. The first kappa shape index (κ1) is 20.0. The molecular formula is C22H27N3O3. The highest BCUT2D eigenvalue weighted by molar-refractivity contribution is 5.92. The number of carbonyl (C=O) groups excluding carboxylic acids is 1. The predicted octanol–water partition coefficient (Wildman–Crippen LogP) is 2.94. The zero-order valence-corrected chi connectivity index (χ0v) is 16.0. The average molecular weight is 381 g/mol. The number of fused-ring (bicyclic) bond motifs is 1. The van der Waals surface area contributed by atoms with Crippen molar-refractivity contribution in [1.29, 1.82) is 0 Å². The lowest BCUT2D eigenvalue weighted by Gasteiger charge is -2.16. The predicted molar refractivity (Wildman–Crippen MR) is 109 cm³/mol. The number of carboxylic acid groups (broad SMARTS) is 1. The van der Waals surface area contributed by atoms with Crippen LogP contribution in [0.1, 0.15) is 29.5 Å². The van der Waals surface area contributed by atoms with Crippen LogP contribution in [0.5, 0.6) is 0 Å². The highest BCUT2D eigenvalue weighted by Gasteiger charge is 2.20. The fourth-order valence-electron chi connectivity index (χ4n) is 3.87. The average Bonchev–Trinajstić information content (AvgIpc) is 3.31. The molecule has 2 aliphatic heterocycles. The molecule has 1 saturated heterocycles. The number of nitrogens with zero attached hydrogens (tertiary/aromatic N) is 2. The first-order valence-corrected chi connectivity index (χ1v) is 9.66. The molecule has 6 heteroatoms. The lowest BCUT2D eigenvalue weighted by molar-refractivity contribution is -0.123. The van der Waals surface area contributed by atoms with Gasteiger partial charge < -0.3 is 10.4 Å². The third kappa shape index (κ3) is 5.65. The number of rotatable bonds is 5. The molecule has 148 valence electrons. The third-order valence-electron chi connectivity index (χ3n) is 5.09. The van der Waals surface area contributed by atoms with Crippen LogP contribution in [0.4, 0.5) is 5.69 Å². The second-order valence-corrected chi connectivity index (χ2v) is 7.25. The van der Waals surface area contributed by atoms with Gasteiger partial charge in [0.2, 0.25) is 5.91 Å². The summed E-state index contributed by atoms with van der Waals surface area (Å²) in [7, 11) is 0. The number of amides is 1. The molecule has 6 nitrogen and oxygen atoms in total. The summed E-state index contributed by atoms with van der Waals surface area (Å²) in [4.78, 5) is 25.4. The van der Waals surface area contributed by atoms with E-state index in [0.717, 1.165) is 25.3 Å². The molecule has 4 rings (SSSR count). The van der Waals surface area contributed by atoms with Crippen molar-refractivity contribution < 1.29 is 14.7 Å². The minimum Gasteiger partial charge on any atom is -0.483 e. The Bertz CT molecular complexity index is 778. The van der Waals surface area contributed by atoms with Gasteiger partial charge in [-0.1, -0.05) is 36.4 Å². The minimum atomic E-state index is -0.250. The molecule has 2 N–H and O–H groups in total. The van der Waals surface area contributed by atoms with E-state index in [1.165, 1.54) is 42.6 Å². The van der Waals surface area contributed by atoms with Crippen LogP contribution in [0.2, 0.25) is 0 Å². The van der Waals surface area contributed by atoms with Gasteiger partial charge in [-0.25, -0.2) is 0 Å². The van der Waals surface area contributed by atoms with Crippen LogP contribution >= 0.6 is 0 Å². The van der Waals surface area contributed by atoms with Gasteiger partial charge in [-0.05, 0) is 54.8 Å². The fourth-order valence-corrected chi connectivity index (χ4v) is 3.87. The van der Waals surface area contributed by atoms with E-state index in [1.807, 2.05) is 12.1 Å². The van der Waals surface area contributed by atoms with E-state index in [4.69, 9.17) is 9.90 Å². The third-order valence-corrected chi connectivity index (χ3v) is 5.09. The maximum atomic E-state index is 12.4. The molecule has 0 atom stereocenters. The van der Waals surface area contributed by atoms with Gasteiger partial charge in [-0.3, -0.25) is 19.4 Å². The molecule has 2 aromatic rings. The van der Waals surface area contributed by atoms with Crippen molar-refractivity contribution in [2.24, 2.45) is 0 Å². The molecule has 2 aliphatic rings. The van der Waals surface area contributed by atoms with Gasteiger partial charge >= 0.3 is 0 Å². The molecule has 2 aromatic carbocycles. The normalized spacial score (nSPS) is 16.1. The molecule has 0 aliphatic carbocycles. The van der Waals surface area contributed by atoms with Crippen molar-refractivity contribution >= 4 is 18.1 Å². The van der Waals surface area contributed by atoms with Crippen LogP contribution in [0.25, 0.3) is 0 Å². The summed E-state index contributed by atoms with van der Waals surface area (Å²) in [6, 6.07) is 16.7. The Kier molecular flexibility index (Phi) is 7.17. The SMILES string of the molecule is O=C(CN1Cc2ccccc2C1)Nc1cccc(CN2CCCC2)c1.O=CO. The number of carbonyl (C=O) groups is 2. The quantitative estimate of drug-likeness (QED) is 0.779. The Morgan fingerprint density at radius 2 is 1.64 bits per heavy atom. The van der Waals surface area contributed by atoms with Gasteiger partial charge in [0.15, 0.2) is 0 Å². The van der Waals surface area contributed by atoms with Gasteiger partial charge in [0, 0.05) is 25.3 Å². The zero-order valence-electron chi connectivity index (χ0n) is 16.0. The summed E-state index contributed by atoms with van der Waals surface area (Å²) >= 11 is 0. The standard InChI is InChI=1S/C21H25N3O.CH2O2/c25-21(16-24-14-18-7-1-2-8-19(18)15-24)22-20-9-5-6-17(12-20)13-23-10-3-4-11-23;2-1-3/h1-2,5-9,12H,3-4,10-11,13-16H2,(H,22,25);1H,(H,2,3). The Labute approximate surface area is 165 Å². The molecular weight excluding hydrogens is 354 g/mol. The number of anilines is 1. The second kappa shape index (κ2) is 10.0. The van der Waals surface area contributed by atoms with Crippen LogP contribution in [-0.2, 0) is 29.2 Å². The van der Waals surface area contributed by atoms with Crippen LogP contribution < -0.4 is 5.32 Å². The molecule has 1 fully saturated rings. The molecule has 2 heterocycles. The molecule has 0 unspecified atom stereocenters. The monoisotopic (exact) mass is 381 g/mol. The van der Waals surface area contributed by atoms with Crippen molar-refractivity contribution in [3.05, 3.63) is 65.2 Å². The van der Waals surface area contributed by atoms with Crippen molar-refractivity contribution in [3.8, 4) is 0 Å². The summed E-state index contributed by atoms with van der Waals surface area (Å²) in [5.74, 6) is 0.0612. The van der Waals surface area contributed by atoms with E-state index in [1.54, 1.807) is 0 Å². The van der Waals surface area contributed by atoms with Crippen molar-refractivity contribution in [2.45, 2.75) is 32.5 Å². The summed E-state index contributed by atoms with van der Waals surface area (Å²) in [6.07, 6.45) is 2.60. The number of hydrogen-bond acceptors (Lipinski definition) is 4. The van der Waals surface area contributed by atoms with E-state index in [2.05, 4.69) is 51.5 Å². The van der Waals surface area contributed by atoms with Crippen molar-refractivity contribution in [3.63, 3.8) is 0 Å². The van der Waals surface area contributed by atoms with Gasteiger partial charge in [-0.15, -0.1) is 0 Å². The van der Waals surface area contributed by atoms with E-state index in [0.29, 0.717) is 6.54 Å². The summed E-state index contributed by atoms with van der Waals surface area (Å²) in [5, 5.41) is 9.95. The van der Waals surface area contributed by atoms with Gasteiger partial charge in [0.25, 0.3) is 6.47 Å². The topological polar surface area (TPSA) is 72.9 Å². The maximum Gasteiger partial charge on any atom is 0.290 e. The minimum absolute atomic E-state index is 0.0612. The van der Waals surface area contributed by atoms with E-state index >= 15 is 0 Å². The molecule has 0 bridgehead atoms. The van der Waals surface area contributed by atoms with Crippen LogP contribution in [0.3, 0.4) is 0 Å². The number of hydrogen-bond donors (Lipinski definition) is 2. The van der Waals surface area contributed by atoms with Gasteiger partial charge in [-0.2, -0.15) is 0 Å². The Morgan fingerprint density at radius 3 is 2.29 bits per heavy atom. The first-order valence-electron chi connectivity index (χ1n) is 9.66. The highest BCUT2D eigenvalue weighted by atomic mass is 16.3. The van der Waals surface area contributed by atoms with Crippen LogP contribution in [0, 0.1) is 0 Å². The highest BCUT2D eigenvalue weighted by Crippen LogP contribution is 2.22. The smallest absolute Gasteiger partial charge is 0.290 e. The lowest BCUT2D eigenvalue weighted by atomic mass is 10.1. The number of likely N-dealkylation sites (tertiary alicyclic amines) is 1. The Hall–Kier alpha value is -2.70. The fraction of sp³-hybridized carbons (Fsp3) is 0.364. The number of nitrogens with one attached hydrogen (secondary N) is 1. The summed E-state index contributed by atoms with van der Waals surface area (Å²) in [6.45, 7) is 5.26. The zero-order chi connectivity index (χ0) is 19.8. The Balaban J connectivity index is 0.000000706. The largest absolute Gasteiger partial charge is 0.483 e. The van der Waals surface area contributed by atoms with Gasteiger partial charge in [0.1, 0.15) is 0 Å². The maximum absolute atomic E-state index is 12.4. The lowest BCUT2D eigenvalue weighted by Crippen LogP contribution is -2.29. The molecule has 0 aromatic heterocycles. The molecule has 1 amide bonds. The molecule has 28 heavy (non-hydrogen) atoms. The van der Waals surface area contributed by atoms with Crippen LogP contribution in [-0.4, -0.2) is 46.9 Å². The van der Waals surface area contributed by atoms with E-state index in [9.17, 15) is 4.79 Å². The van der Waals surface area contributed by atoms with Crippen molar-refractivity contribution in [1.82, 2.24) is 9.80 Å². The molecule has 0 radical (unpaired) electrons. The molecule has 0 spiro atoms. The molecule has 0 saturated carbocycles. The van der Waals surface area contributed by atoms with E-state index < -0.39 is 0 Å². The number of benzene rings is 2.